The molecule has 1 N–H and O–H groups in total. The molecular weight excluding hydrogens is 343 g/mol. The number of carbonyl (C=O) groups excluding carboxylic acids is 2. The molecular formula is C14H10BrFN2O3. The van der Waals surface area contributed by atoms with Gasteiger partial charge in [0.15, 0.2) is 6.61 Å². The highest BCUT2D eigenvalue weighted by atomic mass is 79.9. The van der Waals surface area contributed by atoms with Crippen LogP contribution in [0.5, 0.6) is 0 Å². The van der Waals surface area contributed by atoms with Gasteiger partial charge >= 0.3 is 5.97 Å². The first kappa shape index (κ1) is 15.1. The predicted octanol–water partition coefficient (Wildman–Crippen LogP) is 2.78. The van der Waals surface area contributed by atoms with Crippen LogP contribution in [0.4, 0.5) is 10.1 Å². The number of rotatable bonds is 4. The summed E-state index contributed by atoms with van der Waals surface area (Å²) in [6, 6.07) is 6.94. The Bertz CT molecular complexity index is 679. The third-order valence-corrected chi connectivity index (χ3v) is 2.82. The molecule has 21 heavy (non-hydrogen) atoms. The molecule has 1 aromatic carbocycles. The second-order valence-corrected chi connectivity index (χ2v) is 4.94. The van der Waals surface area contributed by atoms with Crippen LogP contribution in [-0.2, 0) is 9.53 Å². The van der Waals surface area contributed by atoms with Crippen LogP contribution in [0.3, 0.4) is 0 Å². The van der Waals surface area contributed by atoms with E-state index in [4.69, 9.17) is 4.74 Å². The first-order valence-electron chi connectivity index (χ1n) is 5.88. The summed E-state index contributed by atoms with van der Waals surface area (Å²) in [7, 11) is 0. The maximum atomic E-state index is 12.9. The van der Waals surface area contributed by atoms with Crippen molar-refractivity contribution in [2.24, 2.45) is 0 Å². The Labute approximate surface area is 128 Å². The minimum atomic E-state index is -0.668. The quantitative estimate of drug-likeness (QED) is 0.859. The smallest absolute Gasteiger partial charge is 0.340 e. The first-order chi connectivity index (χ1) is 10.0. The Kier molecular flexibility index (Phi) is 4.99. The van der Waals surface area contributed by atoms with Crippen LogP contribution < -0.4 is 5.32 Å². The lowest BCUT2D eigenvalue weighted by Crippen LogP contribution is -2.21. The van der Waals surface area contributed by atoms with Crippen molar-refractivity contribution in [1.29, 1.82) is 0 Å². The number of amides is 1. The Morgan fingerprint density at radius 1 is 1.29 bits per heavy atom. The number of halogens is 2. The Morgan fingerprint density at radius 3 is 2.81 bits per heavy atom. The van der Waals surface area contributed by atoms with Crippen LogP contribution in [-0.4, -0.2) is 23.5 Å². The van der Waals surface area contributed by atoms with Crippen LogP contribution in [0.1, 0.15) is 10.4 Å². The number of pyridine rings is 1. The maximum absolute atomic E-state index is 12.9. The lowest BCUT2D eigenvalue weighted by molar-refractivity contribution is -0.119. The molecule has 1 aromatic heterocycles. The highest BCUT2D eigenvalue weighted by Gasteiger charge is 2.11. The number of anilines is 1. The summed E-state index contributed by atoms with van der Waals surface area (Å²) in [6.45, 7) is -0.470. The molecule has 0 bridgehead atoms. The number of esters is 1. The second kappa shape index (κ2) is 6.94. The van der Waals surface area contributed by atoms with E-state index >= 15 is 0 Å². The molecule has 2 rings (SSSR count). The van der Waals surface area contributed by atoms with Gasteiger partial charge in [0, 0.05) is 22.6 Å². The SMILES string of the molecule is O=C(COC(=O)c1cncc(Br)c1)Nc1cccc(F)c1. The lowest BCUT2D eigenvalue weighted by atomic mass is 10.3. The van der Waals surface area contributed by atoms with Crippen molar-refractivity contribution < 1.29 is 18.7 Å². The van der Waals surface area contributed by atoms with Gasteiger partial charge in [0.05, 0.1) is 5.56 Å². The summed E-state index contributed by atoms with van der Waals surface area (Å²) >= 11 is 3.18. The third-order valence-electron chi connectivity index (χ3n) is 2.38. The summed E-state index contributed by atoms with van der Waals surface area (Å²) in [5.41, 5.74) is 0.517. The first-order valence-corrected chi connectivity index (χ1v) is 6.67. The number of ether oxygens (including phenoxy) is 1. The van der Waals surface area contributed by atoms with Gasteiger partial charge in [-0.05, 0) is 40.2 Å². The topological polar surface area (TPSA) is 68.3 Å². The molecule has 0 atom stereocenters. The number of carbonyl (C=O) groups is 2. The molecule has 7 heteroatoms. The Hall–Kier alpha value is -2.28. The molecule has 5 nitrogen and oxygen atoms in total. The molecule has 0 saturated heterocycles. The maximum Gasteiger partial charge on any atom is 0.340 e. The minimum Gasteiger partial charge on any atom is -0.452 e. The van der Waals surface area contributed by atoms with Crippen molar-refractivity contribution in [3.63, 3.8) is 0 Å². The largest absolute Gasteiger partial charge is 0.452 e. The summed E-state index contributed by atoms with van der Waals surface area (Å²) in [4.78, 5) is 27.1. The van der Waals surface area contributed by atoms with Crippen molar-refractivity contribution in [3.05, 3.63) is 58.6 Å². The van der Waals surface area contributed by atoms with Gasteiger partial charge in [-0.1, -0.05) is 6.07 Å². The van der Waals surface area contributed by atoms with Crippen molar-refractivity contribution in [3.8, 4) is 0 Å². The highest BCUT2D eigenvalue weighted by Crippen LogP contribution is 2.11. The number of hydrogen-bond acceptors (Lipinski definition) is 4. The van der Waals surface area contributed by atoms with Gasteiger partial charge in [-0.3, -0.25) is 9.78 Å². The van der Waals surface area contributed by atoms with Gasteiger partial charge in [0.25, 0.3) is 5.91 Å². The number of nitrogens with one attached hydrogen (secondary N) is 1. The van der Waals surface area contributed by atoms with Crippen molar-refractivity contribution >= 4 is 33.5 Å². The van der Waals surface area contributed by atoms with E-state index in [-0.39, 0.29) is 5.56 Å². The van der Waals surface area contributed by atoms with Gasteiger partial charge in [-0.2, -0.15) is 0 Å². The van der Waals surface area contributed by atoms with Crippen LogP contribution in [0, 0.1) is 5.82 Å². The molecule has 1 amide bonds. The average molecular weight is 353 g/mol. The number of aromatic nitrogens is 1. The summed E-state index contributed by atoms with van der Waals surface area (Å²) in [5, 5.41) is 2.42. The van der Waals surface area contributed by atoms with Gasteiger partial charge in [-0.15, -0.1) is 0 Å². The van der Waals surface area contributed by atoms with Crippen LogP contribution in [0.2, 0.25) is 0 Å². The Balaban J connectivity index is 1.88. The monoisotopic (exact) mass is 352 g/mol. The average Bonchev–Trinajstić information content (AvgIpc) is 2.45. The van der Waals surface area contributed by atoms with Crippen molar-refractivity contribution in [2.75, 3.05) is 11.9 Å². The molecule has 2 aromatic rings. The van der Waals surface area contributed by atoms with Gasteiger partial charge < -0.3 is 10.1 Å². The van der Waals surface area contributed by atoms with Crippen molar-refractivity contribution in [1.82, 2.24) is 4.98 Å². The van der Waals surface area contributed by atoms with E-state index in [1.54, 1.807) is 0 Å². The zero-order chi connectivity index (χ0) is 15.2. The molecule has 0 radical (unpaired) electrons. The van der Waals surface area contributed by atoms with Gasteiger partial charge in [-0.25, -0.2) is 9.18 Å². The van der Waals surface area contributed by atoms with Gasteiger partial charge in [0.1, 0.15) is 5.82 Å². The number of benzene rings is 1. The number of hydrogen-bond donors (Lipinski definition) is 1. The molecule has 0 aliphatic heterocycles. The van der Waals surface area contributed by atoms with Crippen molar-refractivity contribution in [2.45, 2.75) is 0 Å². The normalized spacial score (nSPS) is 10.0. The summed E-state index contributed by atoms with van der Waals surface area (Å²) < 4.78 is 18.4. The zero-order valence-electron chi connectivity index (χ0n) is 10.7. The zero-order valence-corrected chi connectivity index (χ0v) is 12.3. The lowest BCUT2D eigenvalue weighted by Gasteiger charge is -2.06. The fourth-order valence-electron chi connectivity index (χ4n) is 1.50. The fourth-order valence-corrected chi connectivity index (χ4v) is 1.87. The molecule has 0 unspecified atom stereocenters. The third kappa shape index (κ3) is 4.64. The van der Waals surface area contributed by atoms with E-state index in [0.29, 0.717) is 10.2 Å². The van der Waals surface area contributed by atoms with Crippen LogP contribution in [0.15, 0.2) is 47.2 Å². The molecule has 0 fully saturated rings. The van der Waals surface area contributed by atoms with E-state index in [1.807, 2.05) is 0 Å². The molecule has 0 aliphatic rings. The predicted molar refractivity (Wildman–Crippen MR) is 77.2 cm³/mol. The molecule has 1 heterocycles. The molecule has 108 valence electrons. The molecule has 0 aliphatic carbocycles. The Morgan fingerprint density at radius 2 is 2.10 bits per heavy atom. The minimum absolute atomic E-state index is 0.225. The van der Waals surface area contributed by atoms with E-state index in [0.717, 1.165) is 6.07 Å². The number of nitrogens with zero attached hydrogens (tertiary/aromatic N) is 1. The van der Waals surface area contributed by atoms with Gasteiger partial charge in [0.2, 0.25) is 0 Å². The fraction of sp³-hybridized carbons (Fsp3) is 0.0714. The highest BCUT2D eigenvalue weighted by molar-refractivity contribution is 9.10. The summed E-state index contributed by atoms with van der Waals surface area (Å²) in [5.74, 6) is -1.69. The van der Waals surface area contributed by atoms with Crippen LogP contribution >= 0.6 is 15.9 Å². The van der Waals surface area contributed by atoms with Crippen LogP contribution in [0.25, 0.3) is 0 Å². The molecule has 0 saturated carbocycles. The molecule has 0 spiro atoms. The summed E-state index contributed by atoms with van der Waals surface area (Å²) in [6.07, 6.45) is 2.85. The standard InChI is InChI=1S/C14H10BrFN2O3/c15-10-4-9(6-17-7-10)14(20)21-8-13(19)18-12-3-1-2-11(16)5-12/h1-7H,8H2,(H,18,19). The van der Waals surface area contributed by atoms with E-state index < -0.39 is 24.3 Å². The van der Waals surface area contributed by atoms with E-state index in [1.165, 1.54) is 36.7 Å². The van der Waals surface area contributed by atoms with E-state index in [9.17, 15) is 14.0 Å². The van der Waals surface area contributed by atoms with E-state index in [2.05, 4.69) is 26.2 Å². The second-order valence-electron chi connectivity index (χ2n) is 4.03.